The van der Waals surface area contributed by atoms with Gasteiger partial charge in [0.15, 0.2) is 0 Å². The second-order valence-electron chi connectivity index (χ2n) is 11.4. The first-order valence-electron chi connectivity index (χ1n) is 11.8. The van der Waals surface area contributed by atoms with Gasteiger partial charge in [-0.2, -0.15) is 0 Å². The first-order chi connectivity index (χ1) is 14.8. The second-order valence-corrected chi connectivity index (χ2v) is 11.4. The minimum atomic E-state index is -0.511. The fourth-order valence-electron chi connectivity index (χ4n) is 9.99. The highest BCUT2D eigenvalue weighted by Crippen LogP contribution is 2.75. The van der Waals surface area contributed by atoms with Crippen molar-refractivity contribution >= 4 is 36.8 Å². The molecule has 31 heavy (non-hydrogen) atoms. The molecule has 10 unspecified atom stereocenters. The summed E-state index contributed by atoms with van der Waals surface area (Å²) in [6.07, 6.45) is 4.58. The smallest absolute Gasteiger partial charge is 0.256 e. The van der Waals surface area contributed by atoms with Crippen LogP contribution in [0.15, 0.2) is 0 Å². The van der Waals surface area contributed by atoms with E-state index in [1.165, 1.54) is 9.71 Å². The van der Waals surface area contributed by atoms with Crippen molar-refractivity contribution in [1.29, 1.82) is 0 Å². The van der Waals surface area contributed by atoms with Crippen LogP contribution in [0, 0.1) is 58.2 Å². The standard InChI is InChI=1S/C23H26BN2O5/c1-24-26-19(29)14-10-6-12(16(14)20(26)30)23(8-10)4-3-22(21(23)31)7-9-5-11(22)15-13(9)17(27)25(2)18(15)28/h9-16H,3-8H2,1-2H3. The Morgan fingerprint density at radius 3 is 1.74 bits per heavy atom. The number of likely N-dealkylation sites (tertiary alicyclic amines) is 1. The summed E-state index contributed by atoms with van der Waals surface area (Å²) in [5.41, 5.74) is -1.02. The SMILES string of the molecule is C[B]N1C(=O)C2C3CC(C2C1=O)C1(CCC2(CC4CC2C2C(=O)N(C)C(=O)C42)C1=O)C3. The highest BCUT2D eigenvalue weighted by molar-refractivity contribution is 6.43. The molecule has 0 aromatic heterocycles. The van der Waals surface area contributed by atoms with Gasteiger partial charge in [0, 0.05) is 17.9 Å². The van der Waals surface area contributed by atoms with Gasteiger partial charge in [-0.25, -0.2) is 0 Å². The quantitative estimate of drug-likeness (QED) is 0.464. The molecule has 2 saturated heterocycles. The van der Waals surface area contributed by atoms with Crippen LogP contribution >= 0.6 is 0 Å². The Labute approximate surface area is 181 Å². The van der Waals surface area contributed by atoms with E-state index in [2.05, 4.69) is 0 Å². The molecule has 1 radical (unpaired) electrons. The number of imide groups is 2. The highest BCUT2D eigenvalue weighted by Gasteiger charge is 2.78. The molecule has 7 nitrogen and oxygen atoms in total. The van der Waals surface area contributed by atoms with Crippen LogP contribution in [0.5, 0.6) is 0 Å². The number of Topliss-reactive ketones (excluding diaryl/α,β-unsaturated/α-hetero) is 1. The van der Waals surface area contributed by atoms with Gasteiger partial charge in [0.05, 0.1) is 23.7 Å². The van der Waals surface area contributed by atoms with Crippen molar-refractivity contribution in [3.05, 3.63) is 0 Å². The molecule has 5 aliphatic carbocycles. The minimum Gasteiger partial charge on any atom is -0.334 e. The molecule has 5 saturated carbocycles. The van der Waals surface area contributed by atoms with Gasteiger partial charge < -0.3 is 4.81 Å². The lowest BCUT2D eigenvalue weighted by atomic mass is 9.58. The van der Waals surface area contributed by atoms with Gasteiger partial charge in [-0.3, -0.25) is 28.9 Å². The maximum Gasteiger partial charge on any atom is 0.256 e. The number of rotatable bonds is 1. The van der Waals surface area contributed by atoms with Gasteiger partial charge in [-0.1, -0.05) is 6.82 Å². The van der Waals surface area contributed by atoms with E-state index in [1.54, 1.807) is 21.3 Å². The number of amides is 4. The predicted molar refractivity (Wildman–Crippen MR) is 107 cm³/mol. The van der Waals surface area contributed by atoms with Crippen molar-refractivity contribution in [2.75, 3.05) is 7.05 Å². The van der Waals surface area contributed by atoms with Gasteiger partial charge in [0.25, 0.3) is 7.41 Å². The number of hydrogen-bond donors (Lipinski definition) is 0. The molecule has 161 valence electrons. The Morgan fingerprint density at radius 2 is 1.19 bits per heavy atom. The highest BCUT2D eigenvalue weighted by atomic mass is 16.2. The molecule has 7 rings (SSSR count). The van der Waals surface area contributed by atoms with Gasteiger partial charge in [-0.05, 0) is 62.2 Å². The van der Waals surface area contributed by atoms with Crippen molar-refractivity contribution in [3.8, 4) is 0 Å². The third-order valence-corrected chi connectivity index (χ3v) is 10.9. The van der Waals surface area contributed by atoms with E-state index in [1.807, 2.05) is 0 Å². The zero-order valence-corrected chi connectivity index (χ0v) is 17.9. The van der Waals surface area contributed by atoms with Crippen molar-refractivity contribution < 1.29 is 24.0 Å². The van der Waals surface area contributed by atoms with E-state index >= 15 is 0 Å². The molecular weight excluding hydrogens is 395 g/mol. The molecule has 2 aliphatic heterocycles. The summed E-state index contributed by atoms with van der Waals surface area (Å²) >= 11 is 0. The van der Waals surface area contributed by atoms with E-state index < -0.39 is 10.8 Å². The molecule has 7 aliphatic rings. The number of carbonyl (C=O) groups is 5. The molecule has 0 aromatic rings. The largest absolute Gasteiger partial charge is 0.334 e. The Morgan fingerprint density at radius 1 is 0.742 bits per heavy atom. The van der Waals surface area contributed by atoms with E-state index in [9.17, 15) is 24.0 Å². The molecule has 10 atom stereocenters. The van der Waals surface area contributed by atoms with Crippen molar-refractivity contribution in [3.63, 3.8) is 0 Å². The second kappa shape index (κ2) is 5.32. The molecule has 2 heterocycles. The molecule has 0 N–H and O–H groups in total. The van der Waals surface area contributed by atoms with Crippen molar-refractivity contribution in [2.45, 2.75) is 45.3 Å². The van der Waals surface area contributed by atoms with Gasteiger partial charge in [0.2, 0.25) is 23.6 Å². The fraction of sp³-hybridized carbons (Fsp3) is 0.783. The monoisotopic (exact) mass is 421 g/mol. The van der Waals surface area contributed by atoms with Gasteiger partial charge in [0.1, 0.15) is 5.78 Å². The normalized spacial score (nSPS) is 53.8. The number of carbonyl (C=O) groups excluding carboxylic acids is 5. The fourth-order valence-corrected chi connectivity index (χ4v) is 9.99. The number of nitrogens with zero attached hydrogens (tertiary/aromatic N) is 2. The molecule has 2 spiro atoms. The summed E-state index contributed by atoms with van der Waals surface area (Å²) in [5.74, 6) is -1.11. The van der Waals surface area contributed by atoms with E-state index in [0.29, 0.717) is 6.42 Å². The topological polar surface area (TPSA) is 91.8 Å². The summed E-state index contributed by atoms with van der Waals surface area (Å²) in [4.78, 5) is 68.2. The summed E-state index contributed by atoms with van der Waals surface area (Å²) in [6, 6.07) is 0. The number of ketones is 1. The third-order valence-electron chi connectivity index (χ3n) is 10.9. The van der Waals surface area contributed by atoms with E-state index in [0.717, 1.165) is 32.1 Å². The first kappa shape index (κ1) is 18.6. The van der Waals surface area contributed by atoms with E-state index in [-0.39, 0.29) is 76.8 Å². The average molecular weight is 421 g/mol. The van der Waals surface area contributed by atoms with Crippen LogP contribution in [0.4, 0.5) is 0 Å². The van der Waals surface area contributed by atoms with Crippen molar-refractivity contribution in [2.24, 2.45) is 58.2 Å². The zero-order chi connectivity index (χ0) is 21.6. The Hall–Kier alpha value is -1.99. The molecule has 4 bridgehead atoms. The Bertz CT molecular complexity index is 1010. The summed E-state index contributed by atoms with van der Waals surface area (Å²) in [5, 5.41) is 0. The number of fused-ring (bicyclic) bond motifs is 12. The third kappa shape index (κ3) is 1.72. The molecular formula is C23H26BN2O5. The maximum absolute atomic E-state index is 14.3. The average Bonchev–Trinajstić information content (AvgIpc) is 3.58. The van der Waals surface area contributed by atoms with Crippen LogP contribution in [0.2, 0.25) is 6.82 Å². The maximum atomic E-state index is 14.3. The Kier molecular flexibility index (Phi) is 3.19. The minimum absolute atomic E-state index is 0.0351. The van der Waals surface area contributed by atoms with Crippen LogP contribution in [0.1, 0.15) is 38.5 Å². The lowest BCUT2D eigenvalue weighted by Gasteiger charge is -2.42. The number of hydrogen-bond acceptors (Lipinski definition) is 5. The van der Waals surface area contributed by atoms with Gasteiger partial charge >= 0.3 is 0 Å². The summed E-state index contributed by atoms with van der Waals surface area (Å²) in [7, 11) is 3.14. The van der Waals surface area contributed by atoms with Crippen LogP contribution in [-0.2, 0) is 24.0 Å². The lowest BCUT2D eigenvalue weighted by molar-refractivity contribution is -0.145. The van der Waals surface area contributed by atoms with Crippen LogP contribution in [0.25, 0.3) is 0 Å². The summed E-state index contributed by atoms with van der Waals surface area (Å²) < 4.78 is 0. The molecule has 0 aromatic carbocycles. The molecule has 8 heteroatoms. The van der Waals surface area contributed by atoms with Crippen LogP contribution < -0.4 is 0 Å². The first-order valence-corrected chi connectivity index (χ1v) is 11.8. The van der Waals surface area contributed by atoms with Gasteiger partial charge in [-0.15, -0.1) is 0 Å². The van der Waals surface area contributed by atoms with Crippen molar-refractivity contribution in [1.82, 2.24) is 9.71 Å². The molecule has 4 amide bonds. The lowest BCUT2D eigenvalue weighted by Crippen LogP contribution is -2.48. The van der Waals surface area contributed by atoms with Crippen LogP contribution in [-0.4, -0.2) is 53.6 Å². The molecule has 7 fully saturated rings. The Balaban J connectivity index is 1.24. The van der Waals surface area contributed by atoms with E-state index in [4.69, 9.17) is 0 Å². The van der Waals surface area contributed by atoms with Crippen LogP contribution in [0.3, 0.4) is 0 Å². The summed E-state index contributed by atoms with van der Waals surface area (Å²) in [6.45, 7) is 1.72. The predicted octanol–water partition coefficient (Wildman–Crippen LogP) is 0.901. The zero-order valence-electron chi connectivity index (χ0n) is 17.9.